The molecule has 2 heteroatoms. The Kier molecular flexibility index (Phi) is 3.53. The lowest BCUT2D eigenvalue weighted by molar-refractivity contribution is 1.22. The minimum atomic E-state index is 0.812. The van der Waals surface area contributed by atoms with Crippen LogP contribution < -0.4 is 0 Å². The van der Waals surface area contributed by atoms with Gasteiger partial charge in [0.2, 0.25) is 0 Å². The summed E-state index contributed by atoms with van der Waals surface area (Å²) >= 11 is 8.55. The first-order valence-electron chi connectivity index (χ1n) is 3.99. The molecule has 0 unspecified atom stereocenters. The van der Waals surface area contributed by atoms with Crippen LogP contribution in [0.15, 0.2) is 12.1 Å². The molecule has 0 aromatic heterocycles. The summed E-state index contributed by atoms with van der Waals surface area (Å²) in [5.74, 6) is 1.62. The molecule has 0 saturated heterocycles. The van der Waals surface area contributed by atoms with E-state index in [2.05, 4.69) is 51.2 Å². The highest BCUT2D eigenvalue weighted by Crippen LogP contribution is 2.18. The maximum absolute atomic E-state index is 4.28. The van der Waals surface area contributed by atoms with Gasteiger partial charge in [-0.05, 0) is 36.1 Å². The molecule has 0 atom stereocenters. The molecular weight excluding hydrogens is 184 g/mol. The molecule has 12 heavy (non-hydrogen) atoms. The Labute approximate surface area is 85.2 Å². The third-order valence-electron chi connectivity index (χ3n) is 2.14. The Morgan fingerprint density at radius 1 is 0.917 bits per heavy atom. The predicted octanol–water partition coefficient (Wildman–Crippen LogP) is 3.16. The van der Waals surface area contributed by atoms with Crippen LogP contribution in [0.2, 0.25) is 0 Å². The van der Waals surface area contributed by atoms with Gasteiger partial charge in [-0.25, -0.2) is 0 Å². The van der Waals surface area contributed by atoms with Crippen LogP contribution in [-0.2, 0) is 11.5 Å². The number of hydrogen-bond donors (Lipinski definition) is 2. The van der Waals surface area contributed by atoms with Crippen molar-refractivity contribution in [3.05, 3.63) is 34.4 Å². The molecule has 1 aromatic rings. The highest BCUT2D eigenvalue weighted by Gasteiger charge is 2.01. The van der Waals surface area contributed by atoms with Crippen LogP contribution in [0.5, 0.6) is 0 Å². The Bertz CT molecular complexity index is 254. The molecule has 0 aliphatic heterocycles. The molecule has 0 aliphatic carbocycles. The summed E-state index contributed by atoms with van der Waals surface area (Å²) in [6, 6.07) is 4.40. The normalized spacial score (nSPS) is 10.3. The highest BCUT2D eigenvalue weighted by atomic mass is 32.1. The molecule has 0 aliphatic rings. The molecule has 0 saturated carbocycles. The van der Waals surface area contributed by atoms with E-state index in [9.17, 15) is 0 Å². The summed E-state index contributed by atoms with van der Waals surface area (Å²) in [7, 11) is 0. The van der Waals surface area contributed by atoms with E-state index in [4.69, 9.17) is 0 Å². The van der Waals surface area contributed by atoms with Crippen LogP contribution in [0.3, 0.4) is 0 Å². The van der Waals surface area contributed by atoms with Crippen molar-refractivity contribution in [2.24, 2.45) is 0 Å². The third kappa shape index (κ3) is 1.99. The van der Waals surface area contributed by atoms with Crippen LogP contribution >= 0.6 is 25.3 Å². The average molecular weight is 198 g/mol. The minimum Gasteiger partial charge on any atom is -0.175 e. The molecule has 0 spiro atoms. The van der Waals surface area contributed by atoms with Crippen LogP contribution in [0.4, 0.5) is 0 Å². The van der Waals surface area contributed by atoms with Gasteiger partial charge in [0.25, 0.3) is 0 Å². The van der Waals surface area contributed by atoms with Gasteiger partial charge in [0, 0.05) is 11.5 Å². The van der Waals surface area contributed by atoms with Crippen molar-refractivity contribution in [2.75, 3.05) is 0 Å². The summed E-state index contributed by atoms with van der Waals surface area (Å²) in [6.45, 7) is 4.25. The lowest BCUT2D eigenvalue weighted by atomic mass is 10.0. The zero-order valence-electron chi connectivity index (χ0n) is 7.46. The maximum atomic E-state index is 4.28. The molecule has 1 rings (SSSR count). The Morgan fingerprint density at radius 3 is 1.67 bits per heavy atom. The van der Waals surface area contributed by atoms with Crippen LogP contribution in [0, 0.1) is 13.8 Å². The largest absolute Gasteiger partial charge is 0.175 e. The monoisotopic (exact) mass is 198 g/mol. The van der Waals surface area contributed by atoms with Gasteiger partial charge in [-0.1, -0.05) is 12.1 Å². The van der Waals surface area contributed by atoms with Crippen LogP contribution in [-0.4, -0.2) is 0 Å². The van der Waals surface area contributed by atoms with E-state index >= 15 is 0 Å². The first-order chi connectivity index (χ1) is 5.69. The van der Waals surface area contributed by atoms with Crippen molar-refractivity contribution < 1.29 is 0 Å². The molecule has 0 heterocycles. The van der Waals surface area contributed by atoms with E-state index in [0.717, 1.165) is 11.5 Å². The second kappa shape index (κ2) is 4.24. The quantitative estimate of drug-likeness (QED) is 0.670. The van der Waals surface area contributed by atoms with Crippen LogP contribution in [0.1, 0.15) is 22.3 Å². The van der Waals surface area contributed by atoms with E-state index in [1.807, 2.05) is 0 Å². The highest BCUT2D eigenvalue weighted by molar-refractivity contribution is 7.79. The molecule has 0 N–H and O–H groups in total. The van der Waals surface area contributed by atoms with Gasteiger partial charge >= 0.3 is 0 Å². The van der Waals surface area contributed by atoms with E-state index in [0.29, 0.717) is 0 Å². The third-order valence-corrected chi connectivity index (χ3v) is 2.82. The van der Waals surface area contributed by atoms with Crippen molar-refractivity contribution in [2.45, 2.75) is 25.4 Å². The summed E-state index contributed by atoms with van der Waals surface area (Å²) < 4.78 is 0. The first kappa shape index (κ1) is 10.0. The smallest absolute Gasteiger partial charge is 0.0157 e. The van der Waals surface area contributed by atoms with Gasteiger partial charge in [0.15, 0.2) is 0 Å². The number of hydrogen-bond acceptors (Lipinski definition) is 2. The van der Waals surface area contributed by atoms with Gasteiger partial charge in [-0.15, -0.1) is 0 Å². The summed E-state index contributed by atoms with van der Waals surface area (Å²) in [5.41, 5.74) is 5.28. The average Bonchev–Trinajstić information content (AvgIpc) is 2.05. The van der Waals surface area contributed by atoms with Gasteiger partial charge < -0.3 is 0 Å². The number of benzene rings is 1. The number of thiol groups is 2. The van der Waals surface area contributed by atoms with Crippen molar-refractivity contribution in [1.29, 1.82) is 0 Å². The van der Waals surface area contributed by atoms with E-state index in [1.165, 1.54) is 22.3 Å². The van der Waals surface area contributed by atoms with Crippen molar-refractivity contribution in [3.63, 3.8) is 0 Å². The Morgan fingerprint density at radius 2 is 1.33 bits per heavy atom. The molecule has 0 fully saturated rings. The predicted molar refractivity (Wildman–Crippen MR) is 61.3 cm³/mol. The fraction of sp³-hybridized carbons (Fsp3) is 0.400. The molecule has 0 nitrogen and oxygen atoms in total. The Balaban J connectivity index is 3.18. The van der Waals surface area contributed by atoms with Crippen molar-refractivity contribution >= 4 is 25.3 Å². The lowest BCUT2D eigenvalue weighted by Gasteiger charge is -2.08. The molecule has 66 valence electrons. The van der Waals surface area contributed by atoms with Gasteiger partial charge in [-0.3, -0.25) is 0 Å². The number of rotatable bonds is 2. The van der Waals surface area contributed by atoms with E-state index in [1.54, 1.807) is 0 Å². The zero-order chi connectivity index (χ0) is 9.14. The molecule has 0 amide bonds. The van der Waals surface area contributed by atoms with Gasteiger partial charge in [-0.2, -0.15) is 25.3 Å². The molecule has 0 bridgehead atoms. The minimum absolute atomic E-state index is 0.812. The number of aryl methyl sites for hydroxylation is 2. The SMILES string of the molecule is Cc1cc(C)c(CS)cc1CS. The van der Waals surface area contributed by atoms with Gasteiger partial charge in [0.05, 0.1) is 0 Å². The summed E-state index contributed by atoms with van der Waals surface area (Å²) in [6.07, 6.45) is 0. The van der Waals surface area contributed by atoms with Crippen molar-refractivity contribution in [3.8, 4) is 0 Å². The maximum Gasteiger partial charge on any atom is 0.0157 e. The fourth-order valence-electron chi connectivity index (χ4n) is 1.29. The topological polar surface area (TPSA) is 0 Å². The molecule has 1 aromatic carbocycles. The van der Waals surface area contributed by atoms with E-state index < -0.39 is 0 Å². The fourth-order valence-corrected chi connectivity index (χ4v) is 1.97. The standard InChI is InChI=1S/C10H14S2/c1-7-3-8(2)10(6-12)4-9(7)5-11/h3-4,11-12H,5-6H2,1-2H3. The van der Waals surface area contributed by atoms with E-state index in [-0.39, 0.29) is 0 Å². The summed E-state index contributed by atoms with van der Waals surface area (Å²) in [4.78, 5) is 0. The lowest BCUT2D eigenvalue weighted by Crippen LogP contribution is -1.92. The first-order valence-corrected chi connectivity index (χ1v) is 5.26. The zero-order valence-corrected chi connectivity index (χ0v) is 9.25. The Hall–Kier alpha value is -0.0800. The van der Waals surface area contributed by atoms with Crippen molar-refractivity contribution in [1.82, 2.24) is 0 Å². The van der Waals surface area contributed by atoms with Gasteiger partial charge in [0.1, 0.15) is 0 Å². The molecule has 0 radical (unpaired) electrons. The second-order valence-corrected chi connectivity index (χ2v) is 3.65. The second-order valence-electron chi connectivity index (χ2n) is 3.02. The van der Waals surface area contributed by atoms with Crippen LogP contribution in [0.25, 0.3) is 0 Å². The molecular formula is C10H14S2. The summed E-state index contributed by atoms with van der Waals surface area (Å²) in [5, 5.41) is 0.